The molecule has 0 aromatic rings. The van der Waals surface area contributed by atoms with E-state index in [0.717, 1.165) is 37.8 Å². The van der Waals surface area contributed by atoms with Crippen molar-refractivity contribution in [3.63, 3.8) is 0 Å². The Kier molecular flexibility index (Phi) is 5.67. The van der Waals surface area contributed by atoms with Crippen molar-refractivity contribution in [1.29, 1.82) is 0 Å². The van der Waals surface area contributed by atoms with Gasteiger partial charge < -0.3 is 10.1 Å². The van der Waals surface area contributed by atoms with Crippen LogP contribution in [0.2, 0.25) is 0 Å². The highest BCUT2D eigenvalue weighted by Gasteiger charge is 2.49. The minimum atomic E-state index is -0.445. The van der Waals surface area contributed by atoms with Crippen molar-refractivity contribution in [2.45, 2.75) is 76.9 Å². The van der Waals surface area contributed by atoms with Crippen LogP contribution in [0.5, 0.6) is 0 Å². The number of hydrogen-bond acceptors (Lipinski definition) is 4. The summed E-state index contributed by atoms with van der Waals surface area (Å²) in [6.07, 6.45) is 6.84. The van der Waals surface area contributed by atoms with Gasteiger partial charge in [-0.25, -0.2) is 0 Å². The number of esters is 1. The molecule has 4 nitrogen and oxygen atoms in total. The van der Waals surface area contributed by atoms with E-state index >= 15 is 0 Å². The van der Waals surface area contributed by atoms with Crippen LogP contribution >= 0.6 is 0 Å². The van der Waals surface area contributed by atoms with Crippen LogP contribution in [0, 0.1) is 5.92 Å². The average Bonchev–Trinajstić information content (AvgIpc) is 3.20. The fourth-order valence-corrected chi connectivity index (χ4v) is 3.73. The van der Waals surface area contributed by atoms with Gasteiger partial charge >= 0.3 is 5.97 Å². The van der Waals surface area contributed by atoms with E-state index in [0.29, 0.717) is 6.04 Å². The van der Waals surface area contributed by atoms with Crippen molar-refractivity contribution in [2.75, 3.05) is 20.2 Å². The van der Waals surface area contributed by atoms with E-state index in [9.17, 15) is 4.79 Å². The molecule has 2 saturated carbocycles. The van der Waals surface area contributed by atoms with Crippen LogP contribution in [-0.4, -0.2) is 48.7 Å². The fourth-order valence-electron chi connectivity index (χ4n) is 3.73. The second-order valence-corrected chi connectivity index (χ2v) is 7.15. The minimum absolute atomic E-state index is 0.0774. The van der Waals surface area contributed by atoms with Gasteiger partial charge in [-0.15, -0.1) is 0 Å². The molecule has 21 heavy (non-hydrogen) atoms. The van der Waals surface area contributed by atoms with Crippen LogP contribution in [0.3, 0.4) is 0 Å². The van der Waals surface area contributed by atoms with Crippen molar-refractivity contribution < 1.29 is 9.53 Å². The van der Waals surface area contributed by atoms with Gasteiger partial charge in [0.15, 0.2) is 0 Å². The van der Waals surface area contributed by atoms with Crippen LogP contribution in [0.15, 0.2) is 0 Å². The van der Waals surface area contributed by atoms with Gasteiger partial charge in [0.2, 0.25) is 0 Å². The van der Waals surface area contributed by atoms with Crippen molar-refractivity contribution in [1.82, 2.24) is 10.2 Å². The van der Waals surface area contributed by atoms with Gasteiger partial charge in [0, 0.05) is 12.1 Å². The van der Waals surface area contributed by atoms with Crippen LogP contribution in [0.25, 0.3) is 0 Å². The van der Waals surface area contributed by atoms with Crippen LogP contribution in [0.4, 0.5) is 0 Å². The van der Waals surface area contributed by atoms with Crippen molar-refractivity contribution in [3.05, 3.63) is 0 Å². The Hall–Kier alpha value is -0.610. The molecule has 2 aliphatic carbocycles. The van der Waals surface area contributed by atoms with Gasteiger partial charge in [0.25, 0.3) is 0 Å². The number of likely N-dealkylation sites (N-methyl/N-ethyl adjacent to an activating group) is 1. The molecule has 2 rings (SSSR count). The van der Waals surface area contributed by atoms with Crippen LogP contribution in [0.1, 0.15) is 59.3 Å². The van der Waals surface area contributed by atoms with Crippen LogP contribution in [-0.2, 0) is 9.53 Å². The number of nitrogens with zero attached hydrogens (tertiary/aromatic N) is 1. The fraction of sp³-hybridized carbons (Fsp3) is 0.941. The van der Waals surface area contributed by atoms with E-state index in [-0.39, 0.29) is 5.97 Å². The Labute approximate surface area is 129 Å². The lowest BCUT2D eigenvalue weighted by Gasteiger charge is -2.32. The highest BCUT2D eigenvalue weighted by molar-refractivity contribution is 5.81. The second kappa shape index (κ2) is 7.10. The van der Waals surface area contributed by atoms with Crippen LogP contribution < -0.4 is 5.32 Å². The molecule has 2 unspecified atom stereocenters. The molecular weight excluding hydrogens is 264 g/mol. The largest absolute Gasteiger partial charge is 0.468 e. The molecule has 4 heteroatoms. The van der Waals surface area contributed by atoms with E-state index in [1.54, 1.807) is 0 Å². The van der Waals surface area contributed by atoms with E-state index in [2.05, 4.69) is 31.0 Å². The maximum atomic E-state index is 12.2. The molecule has 0 radical (unpaired) electrons. The molecule has 0 bridgehead atoms. The number of hydrogen-bond donors (Lipinski definition) is 1. The summed E-state index contributed by atoms with van der Waals surface area (Å²) in [5.41, 5.74) is -0.445. The summed E-state index contributed by atoms with van der Waals surface area (Å²) in [6.45, 7) is 8.64. The summed E-state index contributed by atoms with van der Waals surface area (Å²) in [6, 6.07) is 1.30. The van der Waals surface area contributed by atoms with Gasteiger partial charge in [-0.1, -0.05) is 20.8 Å². The molecule has 2 atom stereocenters. The predicted octanol–water partition coefficient (Wildman–Crippen LogP) is 2.57. The van der Waals surface area contributed by atoms with E-state index in [1.807, 2.05) is 0 Å². The number of rotatable bonds is 8. The number of ether oxygens (including phenoxy) is 1. The van der Waals surface area contributed by atoms with E-state index in [4.69, 9.17) is 4.74 Å². The molecule has 0 amide bonds. The number of nitrogens with one attached hydrogen (secondary N) is 1. The molecule has 2 fully saturated rings. The molecule has 2 aliphatic rings. The molecule has 0 heterocycles. The summed E-state index contributed by atoms with van der Waals surface area (Å²) >= 11 is 0. The second-order valence-electron chi connectivity index (χ2n) is 7.15. The summed E-state index contributed by atoms with van der Waals surface area (Å²) in [5, 5.41) is 3.42. The van der Waals surface area contributed by atoms with Crippen molar-refractivity contribution in [3.8, 4) is 0 Å². The molecule has 1 N–H and O–H groups in total. The van der Waals surface area contributed by atoms with E-state index < -0.39 is 5.54 Å². The van der Waals surface area contributed by atoms with E-state index in [1.165, 1.54) is 32.9 Å². The first kappa shape index (κ1) is 16.8. The first-order valence-electron chi connectivity index (χ1n) is 8.61. The minimum Gasteiger partial charge on any atom is -0.468 e. The normalized spacial score (nSPS) is 29.3. The lowest BCUT2D eigenvalue weighted by atomic mass is 9.97. The Morgan fingerprint density at radius 3 is 2.57 bits per heavy atom. The zero-order valence-corrected chi connectivity index (χ0v) is 14.2. The zero-order chi connectivity index (χ0) is 15.5. The topological polar surface area (TPSA) is 41.6 Å². The highest BCUT2D eigenvalue weighted by atomic mass is 16.5. The predicted molar refractivity (Wildman–Crippen MR) is 85.2 cm³/mol. The molecule has 122 valence electrons. The maximum absolute atomic E-state index is 12.2. The summed E-state index contributed by atoms with van der Waals surface area (Å²) in [5.74, 6) is 0.665. The first-order chi connectivity index (χ1) is 10.0. The zero-order valence-electron chi connectivity index (χ0n) is 14.2. The summed E-state index contributed by atoms with van der Waals surface area (Å²) < 4.78 is 5.07. The molecule has 0 spiro atoms. The lowest BCUT2D eigenvalue weighted by molar-refractivity contribution is -0.148. The molecule has 0 aromatic carbocycles. The quantitative estimate of drug-likeness (QED) is 0.699. The van der Waals surface area contributed by atoms with Crippen molar-refractivity contribution >= 4 is 5.97 Å². The number of carbonyl (C=O) groups is 1. The van der Waals surface area contributed by atoms with Gasteiger partial charge in [0.05, 0.1) is 7.11 Å². The maximum Gasteiger partial charge on any atom is 0.326 e. The third-order valence-electron chi connectivity index (χ3n) is 5.03. The van der Waals surface area contributed by atoms with Crippen molar-refractivity contribution in [2.24, 2.45) is 5.92 Å². The number of carbonyl (C=O) groups excluding carboxylic acids is 1. The SMILES string of the molecule is CCNC1(C(=O)OC)CCC(N(CCC(C)C)C2CC2)C1. The Bertz CT molecular complexity index is 355. The Balaban J connectivity index is 2.01. The summed E-state index contributed by atoms with van der Waals surface area (Å²) in [7, 11) is 1.51. The third-order valence-corrected chi connectivity index (χ3v) is 5.03. The Morgan fingerprint density at radius 1 is 1.33 bits per heavy atom. The van der Waals surface area contributed by atoms with Gasteiger partial charge in [-0.3, -0.25) is 9.69 Å². The first-order valence-corrected chi connectivity index (χ1v) is 8.61. The van der Waals surface area contributed by atoms with Gasteiger partial charge in [-0.05, 0) is 57.5 Å². The molecule has 0 saturated heterocycles. The van der Waals surface area contributed by atoms with Gasteiger partial charge in [0.1, 0.15) is 5.54 Å². The third kappa shape index (κ3) is 3.98. The highest BCUT2D eigenvalue weighted by Crippen LogP contribution is 2.39. The van der Waals surface area contributed by atoms with Gasteiger partial charge in [-0.2, -0.15) is 0 Å². The standard InChI is InChI=1S/C17H32N2O2/c1-5-18-17(16(20)21-4)10-8-15(12-17)19(14-6-7-14)11-9-13(2)3/h13-15,18H,5-12H2,1-4H3. The summed E-state index contributed by atoms with van der Waals surface area (Å²) in [4.78, 5) is 14.9. The molecule has 0 aromatic heterocycles. The average molecular weight is 296 g/mol. The smallest absolute Gasteiger partial charge is 0.326 e. The molecular formula is C17H32N2O2. The Morgan fingerprint density at radius 2 is 2.05 bits per heavy atom. The lowest BCUT2D eigenvalue weighted by Crippen LogP contribution is -2.52. The monoisotopic (exact) mass is 296 g/mol. The molecule has 0 aliphatic heterocycles. The number of methoxy groups -OCH3 is 1.